The van der Waals surface area contributed by atoms with Crippen molar-refractivity contribution in [1.29, 1.82) is 0 Å². The van der Waals surface area contributed by atoms with Gasteiger partial charge < -0.3 is 10.0 Å². The highest BCUT2D eigenvalue weighted by molar-refractivity contribution is 5.79. The zero-order valence-electron chi connectivity index (χ0n) is 11.7. The molecule has 116 valence electrons. The molecule has 0 unspecified atom stereocenters. The molecule has 0 saturated carbocycles. The topological polar surface area (TPSA) is 69.2 Å². The summed E-state index contributed by atoms with van der Waals surface area (Å²) in [6.07, 6.45) is 1.04. The van der Waals surface area contributed by atoms with Crippen LogP contribution in [0.4, 0.5) is 8.78 Å². The van der Waals surface area contributed by atoms with Crippen molar-refractivity contribution < 1.29 is 18.7 Å². The van der Waals surface area contributed by atoms with Gasteiger partial charge in [0.2, 0.25) is 5.91 Å². The Morgan fingerprint density at radius 1 is 1.41 bits per heavy atom. The average Bonchev–Trinajstić information content (AvgIpc) is 3.11. The molecule has 1 fully saturated rings. The van der Waals surface area contributed by atoms with Crippen molar-refractivity contribution >= 4 is 5.91 Å². The molecule has 0 aliphatic carbocycles. The van der Waals surface area contributed by atoms with Crippen LogP contribution in [-0.4, -0.2) is 38.8 Å². The van der Waals surface area contributed by atoms with Crippen LogP contribution in [0, 0.1) is 11.6 Å². The molecule has 2 heterocycles. The number of aromatic amines is 1. The van der Waals surface area contributed by atoms with Crippen LogP contribution in [0.1, 0.15) is 23.7 Å². The van der Waals surface area contributed by atoms with Crippen molar-refractivity contribution in [2.75, 3.05) is 6.54 Å². The molecule has 5 nitrogen and oxygen atoms in total. The minimum Gasteiger partial charge on any atom is -0.391 e. The summed E-state index contributed by atoms with van der Waals surface area (Å²) < 4.78 is 27.3. The maximum atomic E-state index is 14.0. The number of aromatic nitrogens is 2. The van der Waals surface area contributed by atoms with Crippen LogP contribution in [0.3, 0.4) is 0 Å². The Hall–Kier alpha value is -2.28. The summed E-state index contributed by atoms with van der Waals surface area (Å²) in [6, 6.07) is 4.14. The Balaban J connectivity index is 1.85. The third-order valence-corrected chi connectivity index (χ3v) is 3.82. The quantitative estimate of drug-likeness (QED) is 0.904. The molecule has 0 spiro atoms. The number of hydrogen-bond donors (Lipinski definition) is 2. The van der Waals surface area contributed by atoms with Gasteiger partial charge in [0.15, 0.2) is 0 Å². The molecule has 7 heteroatoms. The first-order valence-corrected chi connectivity index (χ1v) is 6.95. The van der Waals surface area contributed by atoms with Gasteiger partial charge >= 0.3 is 0 Å². The minimum absolute atomic E-state index is 0.0696. The first-order chi connectivity index (χ1) is 10.5. The number of nitrogens with one attached hydrogen (secondary N) is 1. The lowest BCUT2D eigenvalue weighted by molar-refractivity contribution is -0.131. The van der Waals surface area contributed by atoms with Gasteiger partial charge in [-0.15, -0.1) is 0 Å². The smallest absolute Gasteiger partial charge is 0.229 e. The van der Waals surface area contributed by atoms with Crippen LogP contribution < -0.4 is 0 Å². The fourth-order valence-corrected chi connectivity index (χ4v) is 2.80. The normalized spacial score (nSPS) is 21.3. The van der Waals surface area contributed by atoms with Crippen molar-refractivity contribution in [3.63, 3.8) is 0 Å². The molecule has 3 rings (SSSR count). The van der Waals surface area contributed by atoms with Gasteiger partial charge in [0.1, 0.15) is 11.6 Å². The van der Waals surface area contributed by atoms with Gasteiger partial charge in [-0.1, -0.05) is 0 Å². The van der Waals surface area contributed by atoms with Crippen molar-refractivity contribution in [3.05, 3.63) is 53.4 Å². The molecular formula is C15H15F2N3O2. The van der Waals surface area contributed by atoms with Gasteiger partial charge in [-0.2, -0.15) is 5.10 Å². The van der Waals surface area contributed by atoms with Crippen LogP contribution in [-0.2, 0) is 11.2 Å². The van der Waals surface area contributed by atoms with E-state index in [0.717, 1.165) is 18.2 Å². The van der Waals surface area contributed by atoms with E-state index in [-0.39, 0.29) is 30.9 Å². The van der Waals surface area contributed by atoms with Gasteiger partial charge in [-0.05, 0) is 30.7 Å². The fraction of sp³-hybridized carbons (Fsp3) is 0.333. The Morgan fingerprint density at radius 2 is 2.23 bits per heavy atom. The maximum absolute atomic E-state index is 14.0. The van der Waals surface area contributed by atoms with E-state index in [4.69, 9.17) is 0 Å². The highest BCUT2D eigenvalue weighted by atomic mass is 19.1. The number of likely N-dealkylation sites (tertiary alicyclic amines) is 1. The summed E-state index contributed by atoms with van der Waals surface area (Å²) >= 11 is 0. The zero-order chi connectivity index (χ0) is 15.7. The van der Waals surface area contributed by atoms with Crippen molar-refractivity contribution in [2.24, 2.45) is 0 Å². The van der Waals surface area contributed by atoms with Crippen LogP contribution >= 0.6 is 0 Å². The molecule has 1 aliphatic rings. The molecule has 1 saturated heterocycles. The molecular weight excluding hydrogens is 292 g/mol. The molecule has 0 bridgehead atoms. The van der Waals surface area contributed by atoms with Gasteiger partial charge in [0.25, 0.3) is 0 Å². The number of benzene rings is 1. The molecule has 1 aromatic heterocycles. The summed E-state index contributed by atoms with van der Waals surface area (Å²) in [4.78, 5) is 13.8. The molecule has 1 amide bonds. The number of H-pyrrole nitrogens is 1. The maximum Gasteiger partial charge on any atom is 0.229 e. The van der Waals surface area contributed by atoms with Gasteiger partial charge in [0, 0.05) is 24.0 Å². The summed E-state index contributed by atoms with van der Waals surface area (Å²) in [5.74, 6) is -1.42. The van der Waals surface area contributed by atoms with E-state index in [1.165, 1.54) is 11.1 Å². The molecule has 2 aromatic rings. The largest absolute Gasteiger partial charge is 0.391 e. The molecule has 1 aliphatic heterocycles. The van der Waals surface area contributed by atoms with Gasteiger partial charge in [-0.3, -0.25) is 9.89 Å². The van der Waals surface area contributed by atoms with Gasteiger partial charge in [-0.25, -0.2) is 8.78 Å². The molecule has 22 heavy (non-hydrogen) atoms. The Kier molecular flexibility index (Phi) is 3.89. The highest BCUT2D eigenvalue weighted by Crippen LogP contribution is 2.34. The van der Waals surface area contributed by atoms with Crippen LogP contribution in [0.5, 0.6) is 0 Å². The molecule has 2 atom stereocenters. The minimum atomic E-state index is -0.751. The first kappa shape index (κ1) is 14.6. The predicted octanol–water partition coefficient (Wildman–Crippen LogP) is 1.56. The average molecular weight is 307 g/mol. The second-order valence-corrected chi connectivity index (χ2v) is 5.38. The first-order valence-electron chi connectivity index (χ1n) is 6.95. The van der Waals surface area contributed by atoms with E-state index in [1.54, 1.807) is 6.07 Å². The second-order valence-electron chi connectivity index (χ2n) is 5.38. The number of hydrogen-bond acceptors (Lipinski definition) is 3. The fourth-order valence-electron chi connectivity index (χ4n) is 2.80. The summed E-state index contributed by atoms with van der Waals surface area (Å²) in [7, 11) is 0. The third-order valence-electron chi connectivity index (χ3n) is 3.82. The number of aliphatic hydroxyl groups excluding tert-OH is 1. The van der Waals surface area contributed by atoms with E-state index in [9.17, 15) is 18.7 Å². The monoisotopic (exact) mass is 307 g/mol. The number of rotatable bonds is 3. The predicted molar refractivity (Wildman–Crippen MR) is 73.7 cm³/mol. The van der Waals surface area contributed by atoms with Gasteiger partial charge in [0.05, 0.1) is 18.6 Å². The Bertz CT molecular complexity index is 675. The number of aliphatic hydroxyl groups is 1. The van der Waals surface area contributed by atoms with E-state index in [2.05, 4.69) is 10.2 Å². The Labute approximate surface area is 125 Å². The van der Waals surface area contributed by atoms with E-state index >= 15 is 0 Å². The number of β-amino-alcohol motifs (C(OH)–C–C–N with tert-alkyl or cyclic N) is 1. The van der Waals surface area contributed by atoms with Crippen LogP contribution in [0.2, 0.25) is 0 Å². The van der Waals surface area contributed by atoms with Crippen molar-refractivity contribution in [2.45, 2.75) is 25.0 Å². The van der Waals surface area contributed by atoms with Crippen molar-refractivity contribution in [3.8, 4) is 0 Å². The lowest BCUT2D eigenvalue weighted by Crippen LogP contribution is -2.33. The molecule has 0 radical (unpaired) electrons. The summed E-state index contributed by atoms with van der Waals surface area (Å²) in [6.45, 7) is 0.105. The van der Waals surface area contributed by atoms with E-state index < -0.39 is 23.8 Å². The zero-order valence-corrected chi connectivity index (χ0v) is 11.7. The van der Waals surface area contributed by atoms with Crippen LogP contribution in [0.25, 0.3) is 0 Å². The van der Waals surface area contributed by atoms with Crippen molar-refractivity contribution in [1.82, 2.24) is 15.1 Å². The summed E-state index contributed by atoms with van der Waals surface area (Å²) in [5, 5.41) is 16.3. The lowest BCUT2D eigenvalue weighted by Gasteiger charge is -2.25. The summed E-state index contributed by atoms with van der Waals surface area (Å²) in [5.41, 5.74) is 0.722. The van der Waals surface area contributed by atoms with E-state index in [0.29, 0.717) is 5.69 Å². The van der Waals surface area contributed by atoms with Crippen LogP contribution in [0.15, 0.2) is 30.5 Å². The number of carbonyl (C=O) groups is 1. The molecule has 2 N–H and O–H groups in total. The number of nitrogens with zero attached hydrogens (tertiary/aromatic N) is 2. The number of amides is 1. The molecule has 1 aromatic carbocycles. The third kappa shape index (κ3) is 2.85. The highest BCUT2D eigenvalue weighted by Gasteiger charge is 2.36. The van der Waals surface area contributed by atoms with E-state index in [1.807, 2.05) is 0 Å². The number of halogens is 2. The standard InChI is InChI=1S/C15H15F2N3O2/c16-9-1-2-13(17)12(5-9)14-7-11(21)8-20(14)15(22)6-10-3-4-18-19-10/h1-5,11,14,21H,6-8H2,(H,18,19)/t11-,14-/m1/s1. The second kappa shape index (κ2) is 5.84. The lowest BCUT2D eigenvalue weighted by atomic mass is 10.0. The SMILES string of the molecule is O=C(Cc1ccn[nH]1)N1C[C@H](O)C[C@@H]1c1cc(F)ccc1F. The Morgan fingerprint density at radius 3 is 2.95 bits per heavy atom. The number of carbonyl (C=O) groups excluding carboxylic acids is 1.